The molecule has 0 amide bonds. The quantitative estimate of drug-likeness (QED) is 0.755. The molecule has 0 unspecified atom stereocenters. The van der Waals surface area contributed by atoms with Crippen molar-refractivity contribution in [2.75, 3.05) is 5.32 Å². The van der Waals surface area contributed by atoms with Crippen LogP contribution in [0.1, 0.15) is 15.3 Å². The molecule has 0 aliphatic rings. The van der Waals surface area contributed by atoms with Crippen molar-refractivity contribution in [3.05, 3.63) is 57.9 Å². The summed E-state index contributed by atoms with van der Waals surface area (Å²) in [7, 11) is 0. The van der Waals surface area contributed by atoms with Gasteiger partial charge in [0.15, 0.2) is 0 Å². The first-order valence-corrected chi connectivity index (χ1v) is 7.19. The van der Waals surface area contributed by atoms with Gasteiger partial charge in [-0.2, -0.15) is 0 Å². The van der Waals surface area contributed by atoms with E-state index in [1.807, 2.05) is 23.6 Å². The van der Waals surface area contributed by atoms with Crippen molar-refractivity contribution in [1.29, 1.82) is 0 Å². The van der Waals surface area contributed by atoms with Crippen molar-refractivity contribution in [2.24, 2.45) is 0 Å². The van der Waals surface area contributed by atoms with Crippen LogP contribution in [0.2, 0.25) is 0 Å². The predicted octanol–water partition coefficient (Wildman–Crippen LogP) is 4.53. The summed E-state index contributed by atoms with van der Waals surface area (Å²) < 4.78 is 0. The number of nitrogens with zero attached hydrogens (tertiary/aromatic N) is 1. The van der Waals surface area contributed by atoms with Crippen LogP contribution in [0.25, 0.3) is 10.9 Å². The summed E-state index contributed by atoms with van der Waals surface area (Å²) in [6.07, 6.45) is 1.85. The minimum atomic E-state index is 0.867. The van der Waals surface area contributed by atoms with Crippen molar-refractivity contribution >= 4 is 27.9 Å². The summed E-state index contributed by atoms with van der Waals surface area (Å²) in [5.74, 6) is 0. The van der Waals surface area contributed by atoms with Crippen LogP contribution in [0.3, 0.4) is 0 Å². The van der Waals surface area contributed by atoms with Crippen LogP contribution in [0.5, 0.6) is 0 Å². The number of thiophene rings is 1. The van der Waals surface area contributed by atoms with E-state index >= 15 is 0 Å². The first-order chi connectivity index (χ1) is 9.24. The Balaban J connectivity index is 1.91. The first kappa shape index (κ1) is 12.2. The van der Waals surface area contributed by atoms with E-state index in [9.17, 15) is 0 Å². The molecule has 3 rings (SSSR count). The zero-order valence-electron chi connectivity index (χ0n) is 11.1. The maximum absolute atomic E-state index is 4.46. The molecule has 3 aromatic rings. The third kappa shape index (κ3) is 2.47. The molecule has 0 bridgehead atoms. The third-order valence-electron chi connectivity index (χ3n) is 3.22. The third-order valence-corrected chi connectivity index (χ3v) is 4.22. The first-order valence-electron chi connectivity index (χ1n) is 6.37. The van der Waals surface area contributed by atoms with Crippen molar-refractivity contribution in [3.8, 4) is 0 Å². The van der Waals surface area contributed by atoms with Gasteiger partial charge in [-0.1, -0.05) is 6.07 Å². The second kappa shape index (κ2) is 5.02. The zero-order chi connectivity index (χ0) is 13.2. The van der Waals surface area contributed by atoms with Gasteiger partial charge < -0.3 is 5.32 Å². The SMILES string of the molecule is Cc1ccc(CNc2ccc(C)c3ncccc23)s1. The Morgan fingerprint density at radius 3 is 2.79 bits per heavy atom. The van der Waals surface area contributed by atoms with Gasteiger partial charge in [0.1, 0.15) is 0 Å². The lowest BCUT2D eigenvalue weighted by molar-refractivity contribution is 1.20. The zero-order valence-corrected chi connectivity index (χ0v) is 11.9. The molecule has 1 N–H and O–H groups in total. The Kier molecular flexibility index (Phi) is 3.22. The number of benzene rings is 1. The maximum atomic E-state index is 4.46. The van der Waals surface area contributed by atoms with Crippen LogP contribution in [-0.4, -0.2) is 4.98 Å². The van der Waals surface area contributed by atoms with Crippen LogP contribution in [-0.2, 0) is 6.54 Å². The lowest BCUT2D eigenvalue weighted by Crippen LogP contribution is -1.99. The average molecular weight is 268 g/mol. The number of hydrogen-bond donors (Lipinski definition) is 1. The second-order valence-electron chi connectivity index (χ2n) is 4.70. The predicted molar refractivity (Wildman–Crippen MR) is 82.9 cm³/mol. The minimum Gasteiger partial charge on any atom is -0.380 e. The lowest BCUT2D eigenvalue weighted by Gasteiger charge is -2.10. The fourth-order valence-corrected chi connectivity index (χ4v) is 3.06. The number of hydrogen-bond acceptors (Lipinski definition) is 3. The van der Waals surface area contributed by atoms with Gasteiger partial charge >= 0.3 is 0 Å². The molecule has 0 saturated carbocycles. The number of nitrogens with one attached hydrogen (secondary N) is 1. The molecule has 2 heterocycles. The molecule has 2 nitrogen and oxygen atoms in total. The molecular weight excluding hydrogens is 252 g/mol. The molecule has 0 aliphatic carbocycles. The van der Waals surface area contributed by atoms with Gasteiger partial charge in [-0.15, -0.1) is 11.3 Å². The highest BCUT2D eigenvalue weighted by Crippen LogP contribution is 2.25. The topological polar surface area (TPSA) is 24.9 Å². The fourth-order valence-electron chi connectivity index (χ4n) is 2.23. The second-order valence-corrected chi connectivity index (χ2v) is 6.07. The van der Waals surface area contributed by atoms with E-state index < -0.39 is 0 Å². The largest absolute Gasteiger partial charge is 0.380 e. The number of anilines is 1. The van der Waals surface area contributed by atoms with Gasteiger partial charge in [-0.05, 0) is 49.7 Å². The van der Waals surface area contributed by atoms with Gasteiger partial charge in [0, 0.05) is 33.6 Å². The number of pyridine rings is 1. The van der Waals surface area contributed by atoms with Gasteiger partial charge in [0.05, 0.1) is 5.52 Å². The normalized spacial score (nSPS) is 10.8. The van der Waals surface area contributed by atoms with Gasteiger partial charge in [-0.3, -0.25) is 4.98 Å². The molecule has 2 aromatic heterocycles. The molecule has 19 heavy (non-hydrogen) atoms. The molecule has 3 heteroatoms. The number of rotatable bonds is 3. The van der Waals surface area contributed by atoms with Crippen LogP contribution in [0.15, 0.2) is 42.6 Å². The molecule has 0 aliphatic heterocycles. The molecule has 96 valence electrons. The van der Waals surface area contributed by atoms with Crippen molar-refractivity contribution < 1.29 is 0 Å². The van der Waals surface area contributed by atoms with E-state index in [1.165, 1.54) is 20.7 Å². The van der Waals surface area contributed by atoms with Crippen LogP contribution in [0.4, 0.5) is 5.69 Å². The van der Waals surface area contributed by atoms with E-state index in [0.29, 0.717) is 0 Å². The van der Waals surface area contributed by atoms with Crippen molar-refractivity contribution in [1.82, 2.24) is 4.98 Å². The van der Waals surface area contributed by atoms with E-state index in [-0.39, 0.29) is 0 Å². The van der Waals surface area contributed by atoms with Crippen molar-refractivity contribution in [2.45, 2.75) is 20.4 Å². The lowest BCUT2D eigenvalue weighted by atomic mass is 10.1. The summed E-state index contributed by atoms with van der Waals surface area (Å²) >= 11 is 1.84. The van der Waals surface area contributed by atoms with Crippen molar-refractivity contribution in [3.63, 3.8) is 0 Å². The van der Waals surface area contributed by atoms with Crippen LogP contribution < -0.4 is 5.32 Å². The average Bonchev–Trinajstić information content (AvgIpc) is 2.84. The minimum absolute atomic E-state index is 0.867. The number of fused-ring (bicyclic) bond motifs is 1. The summed E-state index contributed by atoms with van der Waals surface area (Å²) in [4.78, 5) is 7.17. The van der Waals surface area contributed by atoms with Crippen LogP contribution in [0, 0.1) is 13.8 Å². The highest BCUT2D eigenvalue weighted by molar-refractivity contribution is 7.11. The van der Waals surface area contributed by atoms with Gasteiger partial charge in [-0.25, -0.2) is 0 Å². The van der Waals surface area contributed by atoms with E-state index in [2.05, 4.69) is 54.5 Å². The Labute approximate surface area is 117 Å². The standard InChI is InChI=1S/C16H16N2S/c1-11-5-8-15(14-4-3-9-17-16(11)14)18-10-13-7-6-12(2)19-13/h3-9,18H,10H2,1-2H3. The summed E-state index contributed by atoms with van der Waals surface area (Å²) in [6.45, 7) is 5.10. The molecule has 0 atom stereocenters. The number of aryl methyl sites for hydroxylation is 2. The highest BCUT2D eigenvalue weighted by atomic mass is 32.1. The molecule has 1 aromatic carbocycles. The fraction of sp³-hybridized carbons (Fsp3) is 0.188. The van der Waals surface area contributed by atoms with Gasteiger partial charge in [0.2, 0.25) is 0 Å². The smallest absolute Gasteiger partial charge is 0.0751 e. The Morgan fingerprint density at radius 2 is 2.00 bits per heavy atom. The van der Waals surface area contributed by atoms with E-state index in [1.54, 1.807) is 0 Å². The van der Waals surface area contributed by atoms with Gasteiger partial charge in [0.25, 0.3) is 0 Å². The highest BCUT2D eigenvalue weighted by Gasteiger charge is 2.04. The van der Waals surface area contributed by atoms with Crippen LogP contribution >= 0.6 is 11.3 Å². The molecule has 0 spiro atoms. The summed E-state index contributed by atoms with van der Waals surface area (Å²) in [6, 6.07) is 12.7. The summed E-state index contributed by atoms with van der Waals surface area (Å²) in [5.41, 5.74) is 3.45. The molecule has 0 fully saturated rings. The molecule has 0 saturated heterocycles. The summed E-state index contributed by atoms with van der Waals surface area (Å²) in [5, 5.41) is 4.71. The monoisotopic (exact) mass is 268 g/mol. The number of aromatic nitrogens is 1. The Bertz CT molecular complexity index is 716. The molecule has 0 radical (unpaired) electrons. The molecular formula is C16H16N2S. The Hall–Kier alpha value is -1.87. The van der Waals surface area contributed by atoms with E-state index in [0.717, 1.165) is 17.7 Å². The maximum Gasteiger partial charge on any atom is 0.0751 e. The van der Waals surface area contributed by atoms with E-state index in [4.69, 9.17) is 0 Å². The Morgan fingerprint density at radius 1 is 1.11 bits per heavy atom.